The average molecular weight is 353 g/mol. The van der Waals surface area contributed by atoms with Gasteiger partial charge in [0.1, 0.15) is 5.03 Å². The number of hydrogen-bond donors (Lipinski definition) is 2. The molecule has 0 amide bonds. The number of rotatable bonds is 7. The van der Waals surface area contributed by atoms with Crippen LogP contribution in [-0.2, 0) is 4.74 Å². The molecule has 0 aliphatic carbocycles. The Kier molecular flexibility index (Phi) is 6.70. The Labute approximate surface area is 144 Å². The van der Waals surface area contributed by atoms with Gasteiger partial charge in [0.05, 0.1) is 24.7 Å². The van der Waals surface area contributed by atoms with E-state index in [1.165, 1.54) is 18.9 Å². The van der Waals surface area contributed by atoms with Crippen LogP contribution in [0.4, 0.5) is 5.69 Å². The molecule has 1 unspecified atom stereocenters. The molecule has 0 saturated carbocycles. The fraction of sp³-hybridized carbons (Fsp3) is 0.250. The molecule has 0 saturated heterocycles. The molecule has 2 rings (SSSR count). The molecule has 2 N–H and O–H groups in total. The van der Waals surface area contributed by atoms with E-state index in [1.807, 2.05) is 24.3 Å². The second-order valence-corrected chi connectivity index (χ2v) is 6.10. The SMILES string of the molecule is COC(=O)c1ccnc(Sc2cccc(NCC(O)CCl)c2)c1. The molecule has 1 atom stereocenters. The molecule has 1 aromatic carbocycles. The second-order valence-electron chi connectivity index (χ2n) is 4.69. The molecular weight excluding hydrogens is 336 g/mol. The molecule has 1 aromatic heterocycles. The first-order chi connectivity index (χ1) is 11.1. The third-order valence-electron chi connectivity index (χ3n) is 2.93. The molecule has 0 bridgehead atoms. The number of methoxy groups -OCH3 is 1. The van der Waals surface area contributed by atoms with Crippen LogP contribution in [0.15, 0.2) is 52.5 Å². The van der Waals surface area contributed by atoms with E-state index in [9.17, 15) is 9.90 Å². The highest BCUT2D eigenvalue weighted by molar-refractivity contribution is 7.99. The van der Waals surface area contributed by atoms with Gasteiger partial charge in [-0.05, 0) is 30.3 Å². The first kappa shape index (κ1) is 17.6. The van der Waals surface area contributed by atoms with Crippen molar-refractivity contribution in [3.63, 3.8) is 0 Å². The molecule has 1 heterocycles. The number of aliphatic hydroxyl groups is 1. The van der Waals surface area contributed by atoms with Crippen molar-refractivity contribution < 1.29 is 14.6 Å². The molecule has 7 heteroatoms. The highest BCUT2D eigenvalue weighted by Gasteiger charge is 2.08. The van der Waals surface area contributed by atoms with E-state index in [1.54, 1.807) is 18.3 Å². The van der Waals surface area contributed by atoms with Crippen molar-refractivity contribution in [2.24, 2.45) is 0 Å². The minimum Gasteiger partial charge on any atom is -0.465 e. The Morgan fingerprint density at radius 3 is 3.00 bits per heavy atom. The lowest BCUT2D eigenvalue weighted by Crippen LogP contribution is -2.20. The van der Waals surface area contributed by atoms with Crippen molar-refractivity contribution in [3.05, 3.63) is 48.2 Å². The molecule has 0 fully saturated rings. The van der Waals surface area contributed by atoms with Gasteiger partial charge in [-0.15, -0.1) is 11.6 Å². The number of pyridine rings is 1. The summed E-state index contributed by atoms with van der Waals surface area (Å²) in [5.41, 5.74) is 1.34. The number of esters is 1. The van der Waals surface area contributed by atoms with Crippen molar-refractivity contribution in [2.45, 2.75) is 16.0 Å². The Morgan fingerprint density at radius 2 is 2.26 bits per heavy atom. The minimum atomic E-state index is -0.591. The van der Waals surface area contributed by atoms with Crippen molar-refractivity contribution in [2.75, 3.05) is 24.9 Å². The van der Waals surface area contributed by atoms with Gasteiger partial charge in [0.15, 0.2) is 0 Å². The summed E-state index contributed by atoms with van der Waals surface area (Å²) < 4.78 is 4.71. The lowest BCUT2D eigenvalue weighted by atomic mass is 10.3. The number of nitrogens with one attached hydrogen (secondary N) is 1. The van der Waals surface area contributed by atoms with Crippen molar-refractivity contribution in [3.8, 4) is 0 Å². The Morgan fingerprint density at radius 1 is 1.43 bits per heavy atom. The number of carbonyl (C=O) groups is 1. The number of benzene rings is 1. The zero-order chi connectivity index (χ0) is 16.7. The van der Waals surface area contributed by atoms with E-state index < -0.39 is 6.10 Å². The van der Waals surface area contributed by atoms with Gasteiger partial charge >= 0.3 is 5.97 Å². The summed E-state index contributed by atoms with van der Waals surface area (Å²) in [5, 5.41) is 13.3. The summed E-state index contributed by atoms with van der Waals surface area (Å²) in [6.07, 6.45) is 0.986. The number of halogens is 1. The summed E-state index contributed by atoms with van der Waals surface area (Å²) in [6.45, 7) is 0.383. The van der Waals surface area contributed by atoms with Crippen molar-refractivity contribution >= 4 is 35.0 Å². The predicted molar refractivity (Wildman–Crippen MR) is 91.4 cm³/mol. The molecule has 0 aliphatic heterocycles. The third kappa shape index (κ3) is 5.42. The average Bonchev–Trinajstić information content (AvgIpc) is 2.59. The Bertz CT molecular complexity index is 669. The van der Waals surface area contributed by atoms with Crippen LogP contribution in [0.1, 0.15) is 10.4 Å². The molecule has 23 heavy (non-hydrogen) atoms. The van der Waals surface area contributed by atoms with Crippen LogP contribution in [0, 0.1) is 0 Å². The maximum Gasteiger partial charge on any atom is 0.337 e. The Balaban J connectivity index is 2.07. The maximum absolute atomic E-state index is 11.5. The standard InChI is InChI=1S/C16H17ClN2O3S/c1-22-16(21)11-5-6-18-15(7-11)23-14-4-2-3-12(8-14)19-10-13(20)9-17/h2-8,13,19-20H,9-10H2,1H3. The highest BCUT2D eigenvalue weighted by atomic mass is 35.5. The summed E-state index contributed by atoms with van der Waals surface area (Å²) >= 11 is 7.01. The summed E-state index contributed by atoms with van der Waals surface area (Å²) in [4.78, 5) is 16.8. The number of anilines is 1. The zero-order valence-corrected chi connectivity index (χ0v) is 14.1. The molecule has 0 spiro atoms. The molecular formula is C16H17ClN2O3S. The Hall–Kier alpha value is -1.76. The van der Waals surface area contributed by atoms with E-state index in [0.717, 1.165) is 10.6 Å². The van der Waals surface area contributed by atoms with Crippen LogP contribution < -0.4 is 5.32 Å². The van der Waals surface area contributed by atoms with Gasteiger partial charge in [0.25, 0.3) is 0 Å². The van der Waals surface area contributed by atoms with Gasteiger partial charge in [-0.1, -0.05) is 17.8 Å². The van der Waals surface area contributed by atoms with Gasteiger partial charge in [-0.2, -0.15) is 0 Å². The number of nitrogens with zero attached hydrogens (tertiary/aromatic N) is 1. The quantitative estimate of drug-likeness (QED) is 0.589. The largest absolute Gasteiger partial charge is 0.465 e. The summed E-state index contributed by atoms with van der Waals surface area (Å²) in [7, 11) is 1.35. The highest BCUT2D eigenvalue weighted by Crippen LogP contribution is 2.28. The van der Waals surface area contributed by atoms with E-state index in [4.69, 9.17) is 16.3 Å². The van der Waals surface area contributed by atoms with Gasteiger partial charge in [-0.3, -0.25) is 0 Å². The normalized spacial score (nSPS) is 11.8. The van der Waals surface area contributed by atoms with Crippen LogP contribution in [0.3, 0.4) is 0 Å². The molecule has 5 nitrogen and oxygen atoms in total. The van der Waals surface area contributed by atoms with E-state index in [-0.39, 0.29) is 11.8 Å². The summed E-state index contributed by atoms with van der Waals surface area (Å²) in [6, 6.07) is 11.0. The number of aromatic nitrogens is 1. The fourth-order valence-corrected chi connectivity index (χ4v) is 2.77. The topological polar surface area (TPSA) is 71.5 Å². The first-order valence-electron chi connectivity index (χ1n) is 6.92. The van der Waals surface area contributed by atoms with Gasteiger partial charge in [0, 0.05) is 23.3 Å². The summed E-state index contributed by atoms with van der Waals surface area (Å²) in [5.74, 6) is -0.203. The number of hydrogen-bond acceptors (Lipinski definition) is 6. The zero-order valence-electron chi connectivity index (χ0n) is 12.5. The van der Waals surface area contributed by atoms with Crippen molar-refractivity contribution in [1.82, 2.24) is 4.98 Å². The van der Waals surface area contributed by atoms with Crippen LogP contribution in [0.2, 0.25) is 0 Å². The number of aliphatic hydroxyl groups excluding tert-OH is 1. The molecule has 122 valence electrons. The molecule has 0 radical (unpaired) electrons. The lowest BCUT2D eigenvalue weighted by molar-refractivity contribution is 0.0600. The maximum atomic E-state index is 11.5. The van der Waals surface area contributed by atoms with Crippen LogP contribution in [-0.4, -0.2) is 41.7 Å². The van der Waals surface area contributed by atoms with E-state index >= 15 is 0 Å². The third-order valence-corrected chi connectivity index (χ3v) is 4.21. The lowest BCUT2D eigenvalue weighted by Gasteiger charge is -2.11. The van der Waals surface area contributed by atoms with E-state index in [2.05, 4.69) is 10.3 Å². The smallest absolute Gasteiger partial charge is 0.337 e. The van der Waals surface area contributed by atoms with Crippen LogP contribution >= 0.6 is 23.4 Å². The molecule has 2 aromatic rings. The predicted octanol–water partition coefficient (Wildman–Crippen LogP) is 3.03. The van der Waals surface area contributed by atoms with E-state index in [0.29, 0.717) is 17.1 Å². The van der Waals surface area contributed by atoms with Crippen LogP contribution in [0.5, 0.6) is 0 Å². The van der Waals surface area contributed by atoms with Gasteiger partial charge < -0.3 is 15.2 Å². The molecule has 0 aliphatic rings. The number of carbonyl (C=O) groups excluding carboxylic acids is 1. The number of ether oxygens (including phenoxy) is 1. The minimum absolute atomic E-state index is 0.186. The monoisotopic (exact) mass is 352 g/mol. The van der Waals surface area contributed by atoms with Crippen molar-refractivity contribution in [1.29, 1.82) is 0 Å². The van der Waals surface area contributed by atoms with Crippen LogP contribution in [0.25, 0.3) is 0 Å². The van der Waals surface area contributed by atoms with Gasteiger partial charge in [-0.25, -0.2) is 9.78 Å². The van der Waals surface area contributed by atoms with Gasteiger partial charge in [0.2, 0.25) is 0 Å². The fourth-order valence-electron chi connectivity index (χ4n) is 1.79. The second kappa shape index (κ2) is 8.76. The number of alkyl halides is 1. The first-order valence-corrected chi connectivity index (χ1v) is 8.27.